The average Bonchev–Trinajstić information content (AvgIpc) is 0.975. The van der Waals surface area contributed by atoms with Crippen LogP contribution in [0.4, 0.5) is 0 Å². The molecule has 11 rings (SSSR count). The third-order valence-electron chi connectivity index (χ3n) is 32.3. The van der Waals surface area contributed by atoms with Crippen molar-refractivity contribution in [2.75, 3.05) is 13.6 Å². The first-order valence-electron chi connectivity index (χ1n) is 51.4. The number of likely N-dealkylation sites (N-methyl/N-ethyl adjacent to an activating group) is 1. The van der Waals surface area contributed by atoms with Crippen molar-refractivity contribution >= 4 is 58.6 Å². The monoisotopic (exact) mass is 2160 g/mol. The largest absolute Gasteiger partial charge is 0.784 e. The molecule has 0 aromatic heterocycles. The Labute approximate surface area is 864 Å². The number of aliphatic carboxylic acids is 1. The fourth-order valence-electron chi connectivity index (χ4n) is 22.1. The summed E-state index contributed by atoms with van der Waals surface area (Å²) in [5, 5.41) is 259. The van der Waals surface area contributed by atoms with E-state index in [1.807, 2.05) is 0 Å². The average molecular weight is 2170 g/mol. The molecule has 1 amide bonds. The smallest absolute Gasteiger partial charge is 0.330 e. The van der Waals surface area contributed by atoms with Gasteiger partial charge in [-0.05, 0) is 132 Å². The van der Waals surface area contributed by atoms with Crippen molar-refractivity contribution in [1.29, 1.82) is 0 Å². The predicted octanol–water partition coefficient (Wildman–Crippen LogP) is -3.69. The van der Waals surface area contributed by atoms with Crippen molar-refractivity contribution in [1.82, 2.24) is 15.3 Å². The molecule has 59 atom stereocenters. The zero-order valence-electron chi connectivity index (χ0n) is 85.1. The second-order valence-corrected chi connectivity index (χ2v) is 44.6. The molecule has 50 heteroatoms. The lowest BCUT2D eigenvalue weighted by Gasteiger charge is -2.51. The lowest BCUT2D eigenvalue weighted by atomic mass is 9.77. The molecule has 11 aliphatic rings. The van der Waals surface area contributed by atoms with E-state index in [1.165, 1.54) is 52.5 Å². The van der Waals surface area contributed by atoms with Crippen LogP contribution in [0.5, 0.6) is 0 Å². The van der Waals surface area contributed by atoms with Crippen LogP contribution in [-0.4, -0.2) is 464 Å². The van der Waals surface area contributed by atoms with E-state index in [9.17, 15) is 132 Å². The molecule has 47 nitrogen and oxygen atoms in total. The highest BCUT2D eigenvalue weighted by molar-refractivity contribution is 6.36. The number of cyclic esters (lactones) is 1. The number of nitrogens with zero attached hydrogens (tertiary/aromatic N) is 2. The van der Waals surface area contributed by atoms with Gasteiger partial charge in [0.1, 0.15) is 103 Å². The highest BCUT2D eigenvalue weighted by atomic mass is 35.5. The van der Waals surface area contributed by atoms with E-state index in [0.717, 1.165) is 6.08 Å². The highest BCUT2D eigenvalue weighted by Crippen LogP contribution is 2.46. The van der Waals surface area contributed by atoms with Crippen LogP contribution >= 0.6 is 34.8 Å². The van der Waals surface area contributed by atoms with Crippen molar-refractivity contribution in [3.05, 3.63) is 17.4 Å². The highest BCUT2D eigenvalue weighted by Gasteiger charge is 2.61. The lowest BCUT2D eigenvalue weighted by molar-refractivity contribution is -0.398. The summed E-state index contributed by atoms with van der Waals surface area (Å²) in [6, 6.07) is -6.34. The number of hydrogen-bond donors (Lipinski definition) is 24. The van der Waals surface area contributed by atoms with Crippen LogP contribution in [0.1, 0.15) is 193 Å². The van der Waals surface area contributed by atoms with Gasteiger partial charge < -0.3 is 210 Å². The summed E-state index contributed by atoms with van der Waals surface area (Å²) in [7, 11) is 1.55. The van der Waals surface area contributed by atoms with Gasteiger partial charge in [-0.1, -0.05) is 54.5 Å². The number of carboxylic acid groups (broad SMARTS) is 1. The summed E-state index contributed by atoms with van der Waals surface area (Å²) in [6.45, 7) is 21.2. The van der Waals surface area contributed by atoms with E-state index in [0.29, 0.717) is 0 Å². The number of esters is 2. The maximum atomic E-state index is 14.2. The van der Waals surface area contributed by atoms with Gasteiger partial charge in [0.2, 0.25) is 5.91 Å². The number of hydroxylamine groups is 2. The molecule has 0 aliphatic carbocycles. The topological polar surface area (TPSA) is 738 Å². The first-order chi connectivity index (χ1) is 68.3. The summed E-state index contributed by atoms with van der Waals surface area (Å²) < 4.78 is 100. The van der Waals surface area contributed by atoms with Gasteiger partial charge in [-0.3, -0.25) is 19.3 Å². The third-order valence-corrected chi connectivity index (χ3v) is 34.1. The molecule has 846 valence electrons. The Morgan fingerprint density at radius 2 is 1.10 bits per heavy atom. The zero-order chi connectivity index (χ0) is 108. The molecule has 0 saturated carbocycles. The van der Waals surface area contributed by atoms with Gasteiger partial charge in [-0.2, -0.15) is 0 Å². The minimum absolute atomic E-state index is 0.00870. The number of hydrogen-bond acceptors (Lipinski definition) is 45. The number of halogens is 3. The Morgan fingerprint density at radius 1 is 0.521 bits per heavy atom. The summed E-state index contributed by atoms with van der Waals surface area (Å²) >= 11 is 19.6. The number of carbonyl (C=O) groups excluding carboxylic acids is 3. The lowest BCUT2D eigenvalue weighted by Crippen LogP contribution is -2.67. The molecule has 10 saturated heterocycles. The van der Waals surface area contributed by atoms with Crippen LogP contribution in [0.2, 0.25) is 0 Å². The zero-order valence-corrected chi connectivity index (χ0v) is 87.4. The van der Waals surface area contributed by atoms with E-state index in [-0.39, 0.29) is 88.7 Å². The maximum Gasteiger partial charge on any atom is 0.330 e. The van der Waals surface area contributed by atoms with Crippen LogP contribution in [-0.2, 0) is 95.0 Å². The van der Waals surface area contributed by atoms with Gasteiger partial charge in [0.05, 0.1) is 163 Å². The molecule has 0 aromatic carbocycles. The maximum absolute atomic E-state index is 14.2. The van der Waals surface area contributed by atoms with Crippen molar-refractivity contribution < 1.29 is 202 Å². The molecule has 10 fully saturated rings. The van der Waals surface area contributed by atoms with Crippen LogP contribution in [0.25, 0.3) is 0 Å². The molecule has 0 aromatic rings. The van der Waals surface area contributed by atoms with Gasteiger partial charge in [-0.15, -0.1) is 34.8 Å². The number of nitrogens with two attached hydrogens (primary N) is 2. The van der Waals surface area contributed by atoms with Gasteiger partial charge in [0.15, 0.2) is 43.5 Å². The summed E-state index contributed by atoms with van der Waals surface area (Å²) in [5.41, 5.74) is 11.7. The van der Waals surface area contributed by atoms with Crippen molar-refractivity contribution in [2.24, 2.45) is 58.8 Å². The van der Waals surface area contributed by atoms with Gasteiger partial charge >= 0.3 is 17.9 Å². The number of piperidine rings is 1. The Balaban J connectivity index is 0.787. The van der Waals surface area contributed by atoms with Crippen LogP contribution in [0, 0.1) is 52.6 Å². The molecule has 11 aliphatic heterocycles. The van der Waals surface area contributed by atoms with Crippen molar-refractivity contribution in [3.63, 3.8) is 0 Å². The molecule has 7 unspecified atom stereocenters. The molecule has 0 spiro atoms. The number of amides is 1. The third kappa shape index (κ3) is 29.7. The first-order valence-corrected chi connectivity index (χ1v) is 52.7. The van der Waals surface area contributed by atoms with E-state index < -0.39 is 400 Å². The van der Waals surface area contributed by atoms with E-state index >= 15 is 0 Å². The number of aliphatic hydroxyl groups is 20. The Hall–Kier alpha value is -3.07. The minimum Gasteiger partial charge on any atom is -0.784 e. The van der Waals surface area contributed by atoms with Crippen LogP contribution < -0.4 is 16.8 Å². The standard InChI is InChI=1S/C96H163Cl3N5O42/c1-34-22-23-49(106)27-50(107)26-48(105)18-16-21-62(115)140-80(39(6)74(117)38(5)73(116)35(2)41(8)131-65-32-60(139-92(127)51-24-25-104(130)72(69(51)101)91(125)126)70(43(10)133-65)102-90(124)71-66(97)67(98)89(99)103(71)15)40(7)81-83(143-81)53(109)20-17-19-52(108)36(3)54(110)28-55(111)37(4)59-29-58(114)88(123)96(129,146-59)33-61(34)138-84-76(119)45(12)137-95(78(84)121)145-87-86(142-63-30-56(112)68(100)42(9)132-63)82(47(14)135-93(87)128)144-94-79(122)85(77(120)46(13)136-94)141-64-31-57(113)75(118)44(11)134-64/h16,21,34-61,63-89,93-95,105-114,116-123,128-129H,17-20,22-33,100-101H2,1-15H3,(H,102,124)(H,125,126)/q-1/t34-,35-,36-,37-,38-,39-,40+,41+,42-,43-,44-,45-,46-,47-,48+,49+,50-,51?,52+,53+,54-,55-,56-,57-,58+,59+,60-,61+,63+,64+,65-,66?,67?,68-,69?,70-,71?,72?,73-,74-,75-,76-,77-,78-,79-,80+,81-,82-,83+,84+,85+,86+,87-,88-,89?,93-,94+,95+,96-/m1/s1. The number of fused-ring (bicyclic) bond motifs is 3. The molecular weight excluding hydrogens is 2000 g/mol. The Bertz CT molecular complexity index is 4060. The molecule has 11 heterocycles. The summed E-state index contributed by atoms with van der Waals surface area (Å²) in [6.07, 6.45) is -61.3. The number of carboxylic acids is 1. The minimum atomic E-state index is -2.83. The second kappa shape index (κ2) is 53.3. The van der Waals surface area contributed by atoms with Crippen molar-refractivity contribution in [3.8, 4) is 0 Å². The molecule has 146 heavy (non-hydrogen) atoms. The number of alkyl halides is 3. The first kappa shape index (κ1) is 123. The van der Waals surface area contributed by atoms with Crippen LogP contribution in [0.3, 0.4) is 0 Å². The van der Waals surface area contributed by atoms with Gasteiger partial charge in [0.25, 0.3) is 0 Å². The number of nitrogens with one attached hydrogen (secondary N) is 1. The quantitative estimate of drug-likeness (QED) is 0.0203. The number of likely N-dealkylation sites (tertiary alicyclic amines) is 1. The fraction of sp³-hybridized carbons (Fsp3) is 0.938. The number of epoxide rings is 1. The van der Waals surface area contributed by atoms with E-state index in [2.05, 4.69) is 5.32 Å². The predicted molar refractivity (Wildman–Crippen MR) is 509 cm³/mol. The van der Waals surface area contributed by atoms with E-state index in [1.54, 1.807) is 62.4 Å². The molecule has 0 radical (unpaired) electrons. The van der Waals surface area contributed by atoms with Crippen LogP contribution in [0.15, 0.2) is 12.2 Å². The second-order valence-electron chi connectivity index (χ2n) is 43.1. The van der Waals surface area contributed by atoms with Gasteiger partial charge in [-0.25, -0.2) is 4.79 Å². The Morgan fingerprint density at radius 3 is 1.71 bits per heavy atom. The fourth-order valence-corrected chi connectivity index (χ4v) is 23.2. The number of aliphatic hydroxyl groups excluding tert-OH is 19. The van der Waals surface area contributed by atoms with Crippen molar-refractivity contribution in [2.45, 2.75) is 503 Å². The molecule has 2 bridgehead atoms. The van der Waals surface area contributed by atoms with E-state index in [4.69, 9.17) is 122 Å². The number of carbonyl (C=O) groups is 4. The number of rotatable bonds is 23. The Kier molecular flexibility index (Phi) is 45.0. The number of ether oxygens (including phenoxy) is 16. The summed E-state index contributed by atoms with van der Waals surface area (Å²) in [4.78, 5) is 56.1. The normalized spacial score (nSPS) is 49.1. The molecular formula is C96H163Cl3N5O42-. The van der Waals surface area contributed by atoms with Gasteiger partial charge in [0, 0.05) is 79.7 Å². The molecule has 26 N–H and O–H groups in total. The summed E-state index contributed by atoms with van der Waals surface area (Å²) in [5.74, 6) is -14.9. The SMILES string of the molecule is C[C@@H]([C@@H](O)[C@@H](C)[C@@H]1OC(=O)C=CC[C@H](O)C[C@@H](O)C[C@@H](O)CC[C@@H](C)[C@@H](O[C@@H]2[C@@H](O)[C@H](O[C@@H]3[C@@H](O[C@H]4C[C@@H](O)[C@H](N)[C@@H](C)O4)[C@H](O[C@@H]4O[C@H](C)[C@@H](O)[C@H](O[C@H]5C[C@@H](O)[C@H](O)[C@@H](C)O5)[C@H]4O)[C@@H](C)O[C@H]3O)O[C@H](C)[C@H]2O)C[C@@]2(O)O[C@@H](C[C@H](O)[C@H]2O)[C@H](C)[C@H](O)C[C@@H](O)[C@H](C)[C@@H](O)CCC[C@H](O)[C@@H]2O[C@@H]2[C@H]1C)[C@H](O)[C@H](C)[C@H](C)O[C@H]1C[C@@H](OC(=O)C2CCN([O-])C(C(=O)O)C2N)[C@H](NC(=O)C2C(Cl)C(Cl)C(Cl)N2C)[C@@H](C)O1.